The molecule has 0 bridgehead atoms. The third-order valence-corrected chi connectivity index (χ3v) is 2.06. The van der Waals surface area contributed by atoms with Crippen molar-refractivity contribution in [2.45, 2.75) is 45.8 Å². The second kappa shape index (κ2) is 4.01. The second-order valence-corrected chi connectivity index (χ2v) is 3.85. The van der Waals surface area contributed by atoms with Gasteiger partial charge in [0.2, 0.25) is 0 Å². The van der Waals surface area contributed by atoms with Crippen LogP contribution in [0.1, 0.15) is 34.1 Å². The lowest BCUT2D eigenvalue weighted by molar-refractivity contribution is -0.146. The molecule has 0 rings (SSSR count). The lowest BCUT2D eigenvalue weighted by atomic mass is 9.89. The van der Waals surface area contributed by atoms with Crippen molar-refractivity contribution in [2.24, 2.45) is 5.92 Å². The Balaban J connectivity index is 4.25. The quantitative estimate of drug-likeness (QED) is 0.660. The molecule has 0 saturated carbocycles. The van der Waals surface area contributed by atoms with E-state index in [-0.39, 0.29) is 5.92 Å². The molecule has 0 amide bonds. The number of carbonyl (C=O) groups is 1. The molecule has 0 saturated heterocycles. The Bertz CT molecular complexity index is 161. The van der Waals surface area contributed by atoms with Crippen LogP contribution in [0.2, 0.25) is 0 Å². The average Bonchev–Trinajstić information content (AvgIpc) is 1.85. The molecule has 0 spiro atoms. The molecule has 72 valence electrons. The van der Waals surface area contributed by atoms with Crippen molar-refractivity contribution in [3.8, 4) is 0 Å². The van der Waals surface area contributed by atoms with E-state index in [2.05, 4.69) is 0 Å². The Morgan fingerprint density at radius 3 is 2.17 bits per heavy atom. The zero-order chi connectivity index (χ0) is 9.94. The maximum Gasteiger partial charge on any atom is 0.163 e. The fourth-order valence-corrected chi connectivity index (χ4v) is 0.911. The van der Waals surface area contributed by atoms with Gasteiger partial charge in [-0.25, -0.2) is 0 Å². The summed E-state index contributed by atoms with van der Waals surface area (Å²) in [6.45, 7) is 6.49. The van der Waals surface area contributed by atoms with Crippen molar-refractivity contribution >= 4 is 5.78 Å². The van der Waals surface area contributed by atoms with Crippen molar-refractivity contribution in [3.63, 3.8) is 0 Å². The van der Waals surface area contributed by atoms with Gasteiger partial charge in [-0.05, 0) is 26.2 Å². The molecule has 0 aromatic carbocycles. The van der Waals surface area contributed by atoms with Crippen molar-refractivity contribution < 1.29 is 15.0 Å². The average molecular weight is 174 g/mol. The number of ketones is 1. The molecule has 0 heterocycles. The maximum atomic E-state index is 10.9. The Hall–Kier alpha value is -0.410. The van der Waals surface area contributed by atoms with Gasteiger partial charge in [0.05, 0.1) is 6.10 Å². The maximum absolute atomic E-state index is 10.9. The summed E-state index contributed by atoms with van der Waals surface area (Å²) in [6.07, 6.45) is -0.526. The summed E-state index contributed by atoms with van der Waals surface area (Å²) in [7, 11) is 0. The summed E-state index contributed by atoms with van der Waals surface area (Å²) in [5.74, 6) is -0.124. The first kappa shape index (κ1) is 11.6. The molecule has 0 aromatic rings. The van der Waals surface area contributed by atoms with E-state index in [0.717, 1.165) is 0 Å². The Labute approximate surface area is 73.4 Å². The first-order valence-corrected chi connectivity index (χ1v) is 4.20. The molecule has 2 unspecified atom stereocenters. The van der Waals surface area contributed by atoms with Gasteiger partial charge in [0.15, 0.2) is 5.78 Å². The molecule has 0 aliphatic carbocycles. The first-order chi connectivity index (χ1) is 5.28. The Kier molecular flexibility index (Phi) is 3.87. The summed E-state index contributed by atoms with van der Waals surface area (Å²) in [6, 6.07) is 0. The smallest absolute Gasteiger partial charge is 0.163 e. The van der Waals surface area contributed by atoms with Crippen molar-refractivity contribution in [1.82, 2.24) is 0 Å². The van der Waals surface area contributed by atoms with E-state index in [4.69, 9.17) is 0 Å². The fourth-order valence-electron chi connectivity index (χ4n) is 0.911. The molecular formula is C9H18O3. The van der Waals surface area contributed by atoms with Gasteiger partial charge in [0.25, 0.3) is 0 Å². The normalized spacial score (nSPS) is 18.9. The van der Waals surface area contributed by atoms with Gasteiger partial charge in [0.1, 0.15) is 5.60 Å². The molecule has 0 aromatic heterocycles. The van der Waals surface area contributed by atoms with E-state index < -0.39 is 17.5 Å². The molecule has 12 heavy (non-hydrogen) atoms. The largest absolute Gasteiger partial charge is 0.390 e. The number of carbonyl (C=O) groups excluding carboxylic acids is 1. The van der Waals surface area contributed by atoms with Crippen LogP contribution in [0.15, 0.2) is 0 Å². The number of aliphatic hydroxyl groups excluding tert-OH is 1. The molecule has 2 atom stereocenters. The summed E-state index contributed by atoms with van der Waals surface area (Å²) >= 11 is 0. The van der Waals surface area contributed by atoms with Gasteiger partial charge in [-0.3, -0.25) is 4.79 Å². The number of hydrogen-bond donors (Lipinski definition) is 2. The molecule has 3 nitrogen and oxygen atoms in total. The summed E-state index contributed by atoms with van der Waals surface area (Å²) in [4.78, 5) is 10.9. The van der Waals surface area contributed by atoms with Gasteiger partial charge in [0, 0.05) is 0 Å². The van der Waals surface area contributed by atoms with Crippen LogP contribution in [0.5, 0.6) is 0 Å². The van der Waals surface area contributed by atoms with E-state index >= 15 is 0 Å². The van der Waals surface area contributed by atoms with Crippen molar-refractivity contribution in [1.29, 1.82) is 0 Å². The van der Waals surface area contributed by atoms with Crippen LogP contribution in [0, 0.1) is 5.92 Å². The second-order valence-electron chi connectivity index (χ2n) is 3.85. The predicted octanol–water partition coefficient (Wildman–Crippen LogP) is 0.733. The lowest BCUT2D eigenvalue weighted by Gasteiger charge is -2.27. The van der Waals surface area contributed by atoms with Crippen LogP contribution in [0.3, 0.4) is 0 Å². The van der Waals surface area contributed by atoms with E-state index in [9.17, 15) is 15.0 Å². The van der Waals surface area contributed by atoms with Gasteiger partial charge in [-0.2, -0.15) is 0 Å². The highest BCUT2D eigenvalue weighted by molar-refractivity contribution is 5.84. The van der Waals surface area contributed by atoms with Gasteiger partial charge >= 0.3 is 0 Å². The van der Waals surface area contributed by atoms with Crippen LogP contribution in [-0.2, 0) is 4.79 Å². The van der Waals surface area contributed by atoms with E-state index in [1.54, 1.807) is 0 Å². The van der Waals surface area contributed by atoms with Crippen LogP contribution in [-0.4, -0.2) is 27.7 Å². The summed E-state index contributed by atoms with van der Waals surface area (Å²) < 4.78 is 0. The minimum Gasteiger partial charge on any atom is -0.390 e. The van der Waals surface area contributed by atoms with Crippen LogP contribution in [0.4, 0.5) is 0 Å². The molecule has 0 aliphatic rings. The number of rotatable bonds is 4. The first-order valence-electron chi connectivity index (χ1n) is 4.20. The minimum atomic E-state index is -1.59. The topological polar surface area (TPSA) is 57.5 Å². The molecule has 0 aliphatic heterocycles. The summed E-state index contributed by atoms with van der Waals surface area (Å²) in [5.41, 5.74) is -1.59. The molecular weight excluding hydrogens is 156 g/mol. The lowest BCUT2D eigenvalue weighted by Crippen LogP contribution is -2.46. The Morgan fingerprint density at radius 2 is 1.92 bits per heavy atom. The van der Waals surface area contributed by atoms with Crippen LogP contribution in [0.25, 0.3) is 0 Å². The molecule has 3 heteroatoms. The van der Waals surface area contributed by atoms with E-state index in [1.807, 2.05) is 13.8 Å². The SMILES string of the molecule is CC(=O)C(C)(O)C(O)CC(C)C. The van der Waals surface area contributed by atoms with E-state index in [1.165, 1.54) is 13.8 Å². The molecule has 0 radical (unpaired) electrons. The number of hydrogen-bond acceptors (Lipinski definition) is 3. The van der Waals surface area contributed by atoms with E-state index in [0.29, 0.717) is 6.42 Å². The highest BCUT2D eigenvalue weighted by atomic mass is 16.3. The number of Topliss-reactive ketones (excluding diaryl/α,β-unsaturated/α-hetero) is 1. The third-order valence-electron chi connectivity index (χ3n) is 2.06. The van der Waals surface area contributed by atoms with Crippen LogP contribution >= 0.6 is 0 Å². The standard InChI is InChI=1S/C9H18O3/c1-6(2)5-8(11)9(4,12)7(3)10/h6,8,11-12H,5H2,1-4H3. The zero-order valence-electron chi connectivity index (χ0n) is 8.16. The summed E-state index contributed by atoms with van der Waals surface area (Å²) in [5, 5.41) is 19.0. The zero-order valence-corrected chi connectivity index (χ0v) is 8.16. The number of aliphatic hydroxyl groups is 2. The third kappa shape index (κ3) is 2.91. The predicted molar refractivity (Wildman–Crippen MR) is 46.8 cm³/mol. The highest BCUT2D eigenvalue weighted by Crippen LogP contribution is 2.17. The monoisotopic (exact) mass is 174 g/mol. The van der Waals surface area contributed by atoms with Gasteiger partial charge in [-0.15, -0.1) is 0 Å². The highest BCUT2D eigenvalue weighted by Gasteiger charge is 2.35. The molecule has 2 N–H and O–H groups in total. The Morgan fingerprint density at radius 1 is 1.50 bits per heavy atom. The van der Waals surface area contributed by atoms with Crippen molar-refractivity contribution in [2.75, 3.05) is 0 Å². The van der Waals surface area contributed by atoms with Crippen LogP contribution < -0.4 is 0 Å². The van der Waals surface area contributed by atoms with Gasteiger partial charge in [-0.1, -0.05) is 13.8 Å². The van der Waals surface area contributed by atoms with Gasteiger partial charge < -0.3 is 10.2 Å². The minimum absolute atomic E-state index is 0.269. The molecule has 0 fully saturated rings. The fraction of sp³-hybridized carbons (Fsp3) is 0.889. The van der Waals surface area contributed by atoms with Crippen molar-refractivity contribution in [3.05, 3.63) is 0 Å².